The van der Waals surface area contributed by atoms with Crippen LogP contribution in [0.1, 0.15) is 25.3 Å². The van der Waals surface area contributed by atoms with Crippen molar-refractivity contribution in [3.63, 3.8) is 0 Å². The van der Waals surface area contributed by atoms with Gasteiger partial charge in [-0.3, -0.25) is 4.79 Å². The van der Waals surface area contributed by atoms with E-state index < -0.39 is 0 Å². The van der Waals surface area contributed by atoms with Gasteiger partial charge in [0.2, 0.25) is 0 Å². The molecule has 30 heavy (non-hydrogen) atoms. The molecule has 3 aromatic rings. The second-order valence-corrected chi connectivity index (χ2v) is 8.51. The van der Waals surface area contributed by atoms with Gasteiger partial charge in [0.05, 0.1) is 17.2 Å². The minimum absolute atomic E-state index is 0.180. The van der Waals surface area contributed by atoms with Crippen molar-refractivity contribution >= 4 is 40.3 Å². The molecule has 152 valence electrons. The number of hydrogen-bond acceptors (Lipinski definition) is 5. The number of carbonyl (C=O) groups excluding carboxylic acids is 1. The molecule has 1 aromatic heterocycles. The van der Waals surface area contributed by atoms with Crippen LogP contribution in [0.5, 0.6) is 5.75 Å². The molecule has 0 aliphatic carbocycles. The Labute approximate surface area is 185 Å². The van der Waals surface area contributed by atoms with E-state index in [1.807, 2.05) is 71.6 Å². The van der Waals surface area contributed by atoms with Crippen LogP contribution in [0.2, 0.25) is 0 Å². The zero-order chi connectivity index (χ0) is 20.9. The average Bonchev–Trinajstić information content (AvgIpc) is 3.32. The number of aromatic nitrogens is 2. The molecule has 1 amide bonds. The molecule has 1 aliphatic heterocycles. The van der Waals surface area contributed by atoms with Crippen LogP contribution < -0.4 is 10.1 Å². The van der Waals surface area contributed by atoms with E-state index in [9.17, 15) is 4.79 Å². The van der Waals surface area contributed by atoms with Crippen molar-refractivity contribution in [2.45, 2.75) is 19.8 Å². The van der Waals surface area contributed by atoms with Crippen molar-refractivity contribution in [2.75, 3.05) is 6.61 Å². The maximum Gasteiger partial charge on any atom is 0.263 e. The van der Waals surface area contributed by atoms with Gasteiger partial charge in [0.15, 0.2) is 0 Å². The number of thiocarbonyl (C=S) groups is 1. The highest BCUT2D eigenvalue weighted by Gasteiger charge is 2.23. The lowest BCUT2D eigenvalue weighted by molar-refractivity contribution is -0.115. The van der Waals surface area contributed by atoms with Crippen molar-refractivity contribution in [3.05, 3.63) is 71.3 Å². The zero-order valence-electron chi connectivity index (χ0n) is 16.5. The number of nitrogens with one attached hydrogen (secondary N) is 1. The van der Waals surface area contributed by atoms with Crippen LogP contribution in [-0.2, 0) is 4.79 Å². The van der Waals surface area contributed by atoms with E-state index in [-0.39, 0.29) is 5.91 Å². The van der Waals surface area contributed by atoms with Gasteiger partial charge in [-0.15, -0.1) is 0 Å². The molecule has 2 aromatic carbocycles. The third kappa shape index (κ3) is 4.63. The number of ether oxygens (including phenoxy) is 1. The average molecular weight is 436 g/mol. The second kappa shape index (κ2) is 9.28. The topological polar surface area (TPSA) is 56.1 Å². The number of amides is 1. The Kier molecular flexibility index (Phi) is 6.30. The molecule has 2 heterocycles. The Morgan fingerprint density at radius 2 is 2.03 bits per heavy atom. The summed E-state index contributed by atoms with van der Waals surface area (Å²) in [6.45, 7) is 2.82. The molecule has 0 spiro atoms. The van der Waals surface area contributed by atoms with Gasteiger partial charge in [-0.1, -0.05) is 67.7 Å². The number of unbranched alkanes of at least 4 members (excludes halogenated alkanes) is 1. The highest BCUT2D eigenvalue weighted by molar-refractivity contribution is 8.26. The predicted octanol–water partition coefficient (Wildman–Crippen LogP) is 5.21. The fraction of sp³-hybridized carbons (Fsp3) is 0.174. The monoisotopic (exact) mass is 435 g/mol. The molecule has 0 saturated carbocycles. The van der Waals surface area contributed by atoms with Crippen LogP contribution in [-0.4, -0.2) is 26.6 Å². The van der Waals surface area contributed by atoms with Crippen molar-refractivity contribution in [1.82, 2.24) is 15.1 Å². The van der Waals surface area contributed by atoms with Crippen LogP contribution in [0, 0.1) is 0 Å². The molecule has 4 rings (SSSR count). The zero-order valence-corrected chi connectivity index (χ0v) is 18.1. The Morgan fingerprint density at radius 1 is 1.20 bits per heavy atom. The summed E-state index contributed by atoms with van der Waals surface area (Å²) in [7, 11) is 0. The van der Waals surface area contributed by atoms with E-state index in [0.717, 1.165) is 41.1 Å². The first kappa shape index (κ1) is 20.4. The van der Waals surface area contributed by atoms with E-state index in [1.54, 1.807) is 0 Å². The molecule has 0 bridgehead atoms. The van der Waals surface area contributed by atoms with Gasteiger partial charge in [-0.25, -0.2) is 4.68 Å². The van der Waals surface area contributed by atoms with Crippen LogP contribution in [0.25, 0.3) is 23.0 Å². The molecule has 1 N–H and O–H groups in total. The number of carbonyl (C=O) groups is 1. The van der Waals surface area contributed by atoms with Gasteiger partial charge in [-0.2, -0.15) is 5.10 Å². The van der Waals surface area contributed by atoms with Crippen LogP contribution >= 0.6 is 24.0 Å². The summed E-state index contributed by atoms with van der Waals surface area (Å²) in [6.07, 6.45) is 5.86. The molecule has 7 heteroatoms. The summed E-state index contributed by atoms with van der Waals surface area (Å²) in [4.78, 5) is 12.7. The molecule has 1 aliphatic rings. The van der Waals surface area contributed by atoms with Crippen molar-refractivity contribution in [2.24, 2.45) is 0 Å². The lowest BCUT2D eigenvalue weighted by Gasteiger charge is -2.07. The lowest BCUT2D eigenvalue weighted by atomic mass is 10.1. The highest BCUT2D eigenvalue weighted by atomic mass is 32.2. The molecule has 5 nitrogen and oxygen atoms in total. The molecular weight excluding hydrogens is 414 g/mol. The Bertz CT molecular complexity index is 1110. The number of hydrogen-bond donors (Lipinski definition) is 1. The number of thioether (sulfide) groups is 1. The summed E-state index contributed by atoms with van der Waals surface area (Å²) in [6, 6.07) is 17.8. The first-order chi connectivity index (χ1) is 14.6. The summed E-state index contributed by atoms with van der Waals surface area (Å²) < 4.78 is 8.16. The van der Waals surface area contributed by atoms with E-state index >= 15 is 0 Å². The third-order valence-electron chi connectivity index (χ3n) is 4.57. The molecular formula is C23H21N3O2S2. The van der Waals surface area contributed by atoms with Crippen molar-refractivity contribution < 1.29 is 9.53 Å². The Morgan fingerprint density at radius 3 is 2.77 bits per heavy atom. The van der Waals surface area contributed by atoms with Gasteiger partial charge < -0.3 is 10.1 Å². The van der Waals surface area contributed by atoms with Gasteiger partial charge in [0.25, 0.3) is 5.91 Å². The number of rotatable bonds is 7. The largest absolute Gasteiger partial charge is 0.494 e. The first-order valence-corrected chi connectivity index (χ1v) is 11.0. The Hall–Kier alpha value is -2.90. The highest BCUT2D eigenvalue weighted by Crippen LogP contribution is 2.32. The van der Waals surface area contributed by atoms with E-state index in [1.165, 1.54) is 11.8 Å². The minimum atomic E-state index is -0.180. The van der Waals surface area contributed by atoms with Gasteiger partial charge >= 0.3 is 0 Å². The van der Waals surface area contributed by atoms with E-state index in [4.69, 9.17) is 22.1 Å². The predicted molar refractivity (Wildman–Crippen MR) is 126 cm³/mol. The summed E-state index contributed by atoms with van der Waals surface area (Å²) >= 11 is 6.38. The van der Waals surface area contributed by atoms with Crippen molar-refractivity contribution in [1.29, 1.82) is 0 Å². The number of benzene rings is 2. The molecule has 1 fully saturated rings. The van der Waals surface area contributed by atoms with Gasteiger partial charge in [0, 0.05) is 17.3 Å². The standard InChI is InChI=1S/C23H21N3O2S2/c1-2-3-12-28-19-11-7-8-16(13-19)21-17(14-20-22(27)24-23(29)30-20)15-26(25-21)18-9-5-4-6-10-18/h4-11,13-15H,2-3,12H2,1H3,(H,24,27,29)/b20-14-. The van der Waals surface area contributed by atoms with Crippen LogP contribution in [0.3, 0.4) is 0 Å². The fourth-order valence-electron chi connectivity index (χ4n) is 3.06. The number of nitrogens with zero attached hydrogens (tertiary/aromatic N) is 2. The maximum absolute atomic E-state index is 12.2. The van der Waals surface area contributed by atoms with E-state index in [0.29, 0.717) is 15.8 Å². The van der Waals surface area contributed by atoms with Crippen LogP contribution in [0.15, 0.2) is 65.7 Å². The second-order valence-electron chi connectivity index (χ2n) is 6.80. The third-order valence-corrected chi connectivity index (χ3v) is 5.73. The Balaban J connectivity index is 1.75. The molecule has 0 atom stereocenters. The molecule has 0 radical (unpaired) electrons. The lowest BCUT2D eigenvalue weighted by Crippen LogP contribution is -2.17. The fourth-order valence-corrected chi connectivity index (χ4v) is 4.10. The van der Waals surface area contributed by atoms with E-state index in [2.05, 4.69) is 12.2 Å². The first-order valence-electron chi connectivity index (χ1n) is 9.77. The molecule has 0 unspecified atom stereocenters. The van der Waals surface area contributed by atoms with Gasteiger partial charge in [0.1, 0.15) is 15.8 Å². The van der Waals surface area contributed by atoms with Gasteiger partial charge in [-0.05, 0) is 36.8 Å². The van der Waals surface area contributed by atoms with Crippen molar-refractivity contribution in [3.8, 4) is 22.7 Å². The maximum atomic E-state index is 12.2. The summed E-state index contributed by atoms with van der Waals surface area (Å²) in [5.74, 6) is 0.628. The smallest absolute Gasteiger partial charge is 0.263 e. The summed E-state index contributed by atoms with van der Waals surface area (Å²) in [5.41, 5.74) is 3.49. The summed E-state index contributed by atoms with van der Waals surface area (Å²) in [5, 5.41) is 7.48. The quantitative estimate of drug-likeness (QED) is 0.314. The molecule has 1 saturated heterocycles. The SMILES string of the molecule is CCCCOc1cccc(-c2nn(-c3ccccc3)cc2/C=C2\SC(=S)NC2=O)c1. The minimum Gasteiger partial charge on any atom is -0.494 e. The normalized spacial score (nSPS) is 14.9. The van der Waals surface area contributed by atoms with Crippen LogP contribution in [0.4, 0.5) is 0 Å². The number of para-hydroxylation sites is 1.